The van der Waals surface area contributed by atoms with Gasteiger partial charge in [-0.1, -0.05) is 6.92 Å². The Morgan fingerprint density at radius 1 is 1.25 bits per heavy atom. The molecule has 2 atom stereocenters. The summed E-state index contributed by atoms with van der Waals surface area (Å²) in [6.45, 7) is 7.96. The van der Waals surface area contributed by atoms with E-state index in [1.807, 2.05) is 0 Å². The number of hydrogen-bond acceptors (Lipinski definition) is 2. The van der Waals surface area contributed by atoms with Crippen molar-refractivity contribution in [3.05, 3.63) is 0 Å². The smallest absolute Gasteiger partial charge is 0.0645 e. The molecule has 2 heteroatoms. The molecule has 12 heavy (non-hydrogen) atoms. The van der Waals surface area contributed by atoms with Gasteiger partial charge in [0.05, 0.1) is 19.3 Å². The lowest BCUT2D eigenvalue weighted by atomic mass is 9.90. The van der Waals surface area contributed by atoms with Crippen molar-refractivity contribution >= 4 is 0 Å². The van der Waals surface area contributed by atoms with Gasteiger partial charge in [0.1, 0.15) is 0 Å². The van der Waals surface area contributed by atoms with Gasteiger partial charge in [-0.3, -0.25) is 4.90 Å². The molecule has 2 heterocycles. The lowest BCUT2D eigenvalue weighted by Gasteiger charge is -2.46. The molecular weight excluding hydrogens is 150 g/mol. The van der Waals surface area contributed by atoms with Gasteiger partial charge in [-0.05, 0) is 32.2 Å². The van der Waals surface area contributed by atoms with Crippen LogP contribution in [0.3, 0.4) is 0 Å². The van der Waals surface area contributed by atoms with E-state index in [4.69, 9.17) is 4.74 Å². The summed E-state index contributed by atoms with van der Waals surface area (Å²) in [7, 11) is 0. The molecule has 0 unspecified atom stereocenters. The van der Waals surface area contributed by atoms with Crippen LogP contribution < -0.4 is 0 Å². The first-order chi connectivity index (χ1) is 5.79. The topological polar surface area (TPSA) is 12.5 Å². The molecule has 2 aliphatic heterocycles. The van der Waals surface area contributed by atoms with Crippen molar-refractivity contribution in [2.45, 2.75) is 38.8 Å². The number of ether oxygens (including phenoxy) is 1. The van der Waals surface area contributed by atoms with E-state index >= 15 is 0 Å². The van der Waals surface area contributed by atoms with E-state index in [1.165, 1.54) is 19.4 Å². The molecule has 0 radical (unpaired) electrons. The highest BCUT2D eigenvalue weighted by Crippen LogP contribution is 2.26. The van der Waals surface area contributed by atoms with Gasteiger partial charge in [0.2, 0.25) is 0 Å². The molecule has 2 aliphatic rings. The zero-order valence-corrected chi connectivity index (χ0v) is 8.12. The molecule has 0 aromatic heterocycles. The van der Waals surface area contributed by atoms with Crippen molar-refractivity contribution in [3.63, 3.8) is 0 Å². The molecule has 0 aliphatic carbocycles. The van der Waals surface area contributed by atoms with Crippen LogP contribution in [0.1, 0.15) is 26.7 Å². The predicted octanol–water partition coefficient (Wildman–Crippen LogP) is 1.51. The minimum Gasteiger partial charge on any atom is -0.378 e. The van der Waals surface area contributed by atoms with Crippen LogP contribution in [0.15, 0.2) is 0 Å². The molecule has 0 aromatic carbocycles. The van der Waals surface area contributed by atoms with E-state index in [2.05, 4.69) is 18.7 Å². The van der Waals surface area contributed by atoms with Crippen LogP contribution in [-0.2, 0) is 4.74 Å². The second kappa shape index (κ2) is 3.35. The SMILES string of the molecule is C[C@H]1CCCN(C2COC2)[C@H]1C. The Hall–Kier alpha value is -0.0800. The maximum absolute atomic E-state index is 5.23. The Kier molecular flexibility index (Phi) is 2.37. The summed E-state index contributed by atoms with van der Waals surface area (Å²) in [4.78, 5) is 2.64. The molecule has 70 valence electrons. The van der Waals surface area contributed by atoms with Crippen molar-refractivity contribution in [1.82, 2.24) is 4.90 Å². The highest BCUT2D eigenvalue weighted by molar-refractivity contribution is 4.86. The van der Waals surface area contributed by atoms with Gasteiger partial charge in [0.25, 0.3) is 0 Å². The Morgan fingerprint density at radius 3 is 2.58 bits per heavy atom. The van der Waals surface area contributed by atoms with Crippen LogP contribution in [0.25, 0.3) is 0 Å². The van der Waals surface area contributed by atoms with Crippen molar-refractivity contribution in [1.29, 1.82) is 0 Å². The van der Waals surface area contributed by atoms with Crippen LogP contribution in [0, 0.1) is 5.92 Å². The van der Waals surface area contributed by atoms with Gasteiger partial charge in [-0.25, -0.2) is 0 Å². The first kappa shape index (κ1) is 8.52. The third-order valence-corrected chi connectivity index (χ3v) is 3.51. The van der Waals surface area contributed by atoms with Crippen LogP contribution in [0.5, 0.6) is 0 Å². The summed E-state index contributed by atoms with van der Waals surface area (Å²) >= 11 is 0. The van der Waals surface area contributed by atoms with Crippen molar-refractivity contribution in [2.24, 2.45) is 5.92 Å². The van der Waals surface area contributed by atoms with Crippen molar-refractivity contribution in [3.8, 4) is 0 Å². The molecular formula is C10H19NO. The minimum absolute atomic E-state index is 0.739. The number of piperidine rings is 1. The zero-order chi connectivity index (χ0) is 8.55. The largest absolute Gasteiger partial charge is 0.378 e. The van der Waals surface area contributed by atoms with E-state index in [0.717, 1.165) is 31.2 Å². The molecule has 2 rings (SSSR count). The van der Waals surface area contributed by atoms with Gasteiger partial charge >= 0.3 is 0 Å². The molecule has 0 N–H and O–H groups in total. The normalized spacial score (nSPS) is 39.5. The highest BCUT2D eigenvalue weighted by atomic mass is 16.5. The van der Waals surface area contributed by atoms with Gasteiger partial charge in [0, 0.05) is 6.04 Å². The maximum Gasteiger partial charge on any atom is 0.0645 e. The molecule has 0 bridgehead atoms. The Morgan fingerprint density at radius 2 is 2.00 bits per heavy atom. The van der Waals surface area contributed by atoms with E-state index in [-0.39, 0.29) is 0 Å². The summed E-state index contributed by atoms with van der Waals surface area (Å²) in [5.74, 6) is 0.874. The van der Waals surface area contributed by atoms with Gasteiger partial charge < -0.3 is 4.74 Å². The standard InChI is InChI=1S/C10H19NO/c1-8-4-3-5-11(9(8)2)10-6-12-7-10/h8-10H,3-7H2,1-2H3/t8-,9-/m0/s1. The average Bonchev–Trinajstić information content (AvgIpc) is 1.95. The van der Waals surface area contributed by atoms with Crippen molar-refractivity contribution in [2.75, 3.05) is 19.8 Å². The van der Waals surface area contributed by atoms with Gasteiger partial charge in [-0.15, -0.1) is 0 Å². The average molecular weight is 169 g/mol. The summed E-state index contributed by atoms with van der Waals surface area (Å²) in [6.07, 6.45) is 2.78. The predicted molar refractivity (Wildman–Crippen MR) is 49.2 cm³/mol. The number of nitrogens with zero attached hydrogens (tertiary/aromatic N) is 1. The fourth-order valence-electron chi connectivity index (χ4n) is 2.30. The number of likely N-dealkylation sites (tertiary alicyclic amines) is 1. The number of hydrogen-bond donors (Lipinski definition) is 0. The lowest BCUT2D eigenvalue weighted by Crippen LogP contribution is -2.56. The molecule has 2 nitrogen and oxygen atoms in total. The molecule has 2 fully saturated rings. The van der Waals surface area contributed by atoms with Gasteiger partial charge in [-0.2, -0.15) is 0 Å². The third kappa shape index (κ3) is 1.38. The summed E-state index contributed by atoms with van der Waals surface area (Å²) in [6, 6.07) is 1.51. The first-order valence-electron chi connectivity index (χ1n) is 5.12. The van der Waals surface area contributed by atoms with Crippen LogP contribution in [-0.4, -0.2) is 36.7 Å². The van der Waals surface area contributed by atoms with E-state index in [1.54, 1.807) is 0 Å². The van der Waals surface area contributed by atoms with E-state index in [0.29, 0.717) is 0 Å². The first-order valence-corrected chi connectivity index (χ1v) is 5.12. The summed E-state index contributed by atoms with van der Waals surface area (Å²) < 4.78 is 5.23. The number of rotatable bonds is 1. The summed E-state index contributed by atoms with van der Waals surface area (Å²) in [5, 5.41) is 0. The highest BCUT2D eigenvalue weighted by Gasteiger charge is 2.33. The van der Waals surface area contributed by atoms with Gasteiger partial charge in [0.15, 0.2) is 0 Å². The minimum atomic E-state index is 0.739. The van der Waals surface area contributed by atoms with E-state index < -0.39 is 0 Å². The Bertz CT molecular complexity index is 156. The molecule has 0 aromatic rings. The summed E-state index contributed by atoms with van der Waals surface area (Å²) in [5.41, 5.74) is 0. The quantitative estimate of drug-likeness (QED) is 0.590. The monoisotopic (exact) mass is 169 g/mol. The maximum atomic E-state index is 5.23. The lowest BCUT2D eigenvalue weighted by molar-refractivity contribution is -0.0925. The third-order valence-electron chi connectivity index (χ3n) is 3.51. The molecule has 2 saturated heterocycles. The zero-order valence-electron chi connectivity index (χ0n) is 8.12. The Balaban J connectivity index is 1.93. The van der Waals surface area contributed by atoms with Crippen LogP contribution in [0.2, 0.25) is 0 Å². The fraction of sp³-hybridized carbons (Fsp3) is 1.00. The van der Waals surface area contributed by atoms with E-state index in [9.17, 15) is 0 Å². The van der Waals surface area contributed by atoms with Crippen molar-refractivity contribution < 1.29 is 4.74 Å². The fourth-order valence-corrected chi connectivity index (χ4v) is 2.30. The molecule has 0 amide bonds. The molecule has 0 spiro atoms. The second-order valence-electron chi connectivity index (χ2n) is 4.29. The Labute approximate surface area is 74.9 Å². The molecule has 0 saturated carbocycles. The second-order valence-corrected chi connectivity index (χ2v) is 4.29. The van der Waals surface area contributed by atoms with Crippen LogP contribution in [0.4, 0.5) is 0 Å². The van der Waals surface area contributed by atoms with Crippen LogP contribution >= 0.6 is 0 Å².